The molecule has 1 aliphatic heterocycles. The summed E-state index contributed by atoms with van der Waals surface area (Å²) in [5.74, 6) is 1.01. The Morgan fingerprint density at radius 2 is 1.73 bits per heavy atom. The van der Waals surface area contributed by atoms with Gasteiger partial charge in [0.1, 0.15) is 18.1 Å². The van der Waals surface area contributed by atoms with E-state index < -0.39 is 12.0 Å². The number of hydrogen-bond donors (Lipinski definition) is 0. The maximum Gasteiger partial charge on any atom is 0.338 e. The predicted octanol–water partition coefficient (Wildman–Crippen LogP) is 6.35. The maximum atomic E-state index is 14.0. The maximum absolute atomic E-state index is 14.0. The molecule has 0 saturated carbocycles. The molecule has 0 unspecified atom stereocenters. The Hall–Kier alpha value is -3.76. The fourth-order valence-corrected chi connectivity index (χ4v) is 6.84. The number of thiazole rings is 1. The molecular weight excluding hydrogens is 647 g/mol. The molecule has 228 valence electrons. The number of rotatable bonds is 9. The van der Waals surface area contributed by atoms with Crippen LogP contribution >= 0.6 is 46.1 Å². The van der Waals surface area contributed by atoms with E-state index >= 15 is 0 Å². The fourth-order valence-electron chi connectivity index (χ4n) is 4.86. The average Bonchev–Trinajstić information content (AvgIpc) is 3.29. The van der Waals surface area contributed by atoms with Crippen LogP contribution in [0.2, 0.25) is 15.1 Å². The van der Waals surface area contributed by atoms with Crippen molar-refractivity contribution >= 4 is 58.2 Å². The Bertz CT molecular complexity index is 1930. The molecule has 44 heavy (non-hydrogen) atoms. The van der Waals surface area contributed by atoms with Gasteiger partial charge in [0, 0.05) is 10.6 Å². The number of ether oxygens (including phenoxy) is 4. The first kappa shape index (κ1) is 31.7. The lowest BCUT2D eigenvalue weighted by molar-refractivity contribution is -0.139. The summed E-state index contributed by atoms with van der Waals surface area (Å²) in [7, 11) is 3.13. The highest BCUT2D eigenvalue weighted by Crippen LogP contribution is 2.37. The molecule has 0 saturated heterocycles. The smallest absolute Gasteiger partial charge is 0.338 e. The minimum atomic E-state index is -0.730. The van der Waals surface area contributed by atoms with Crippen molar-refractivity contribution in [2.75, 3.05) is 20.8 Å². The molecule has 5 rings (SSSR count). The SMILES string of the molecule is CCOC(=O)C1=C(C)N=c2s/c(=C\c3ccc(OC)c(COc4c(Cl)cc(Cl)cc4Cl)c3)c(=O)n2[C@@H]1c1ccc(OC)cc1. The van der Waals surface area contributed by atoms with Gasteiger partial charge in [0.2, 0.25) is 0 Å². The summed E-state index contributed by atoms with van der Waals surface area (Å²) in [5, 5.41) is 0.956. The summed E-state index contributed by atoms with van der Waals surface area (Å²) in [4.78, 5) is 32.2. The summed E-state index contributed by atoms with van der Waals surface area (Å²) < 4.78 is 24.1. The first-order chi connectivity index (χ1) is 21.1. The average molecular weight is 674 g/mol. The van der Waals surface area contributed by atoms with E-state index in [-0.39, 0.29) is 28.8 Å². The van der Waals surface area contributed by atoms with E-state index in [1.807, 2.05) is 24.3 Å². The molecule has 0 aliphatic carbocycles. The van der Waals surface area contributed by atoms with Crippen molar-refractivity contribution in [2.24, 2.45) is 4.99 Å². The second-order valence-corrected chi connectivity index (χ2v) is 11.9. The van der Waals surface area contributed by atoms with Crippen molar-refractivity contribution in [3.05, 3.63) is 117 Å². The minimum absolute atomic E-state index is 0.0900. The van der Waals surface area contributed by atoms with Gasteiger partial charge in [-0.25, -0.2) is 9.79 Å². The number of allylic oxidation sites excluding steroid dienone is 1. The molecule has 0 N–H and O–H groups in total. The van der Waals surface area contributed by atoms with E-state index in [9.17, 15) is 9.59 Å². The van der Waals surface area contributed by atoms with Gasteiger partial charge < -0.3 is 18.9 Å². The molecule has 8 nitrogen and oxygen atoms in total. The fraction of sp³-hybridized carbons (Fsp3) is 0.219. The molecular formula is C32H27Cl3N2O6S. The third-order valence-corrected chi connectivity index (χ3v) is 8.65. The zero-order valence-electron chi connectivity index (χ0n) is 24.2. The van der Waals surface area contributed by atoms with Crippen LogP contribution in [0, 0.1) is 0 Å². The second-order valence-electron chi connectivity index (χ2n) is 9.63. The van der Waals surface area contributed by atoms with E-state index in [4.69, 9.17) is 53.8 Å². The molecule has 0 spiro atoms. The van der Waals surface area contributed by atoms with Gasteiger partial charge in [0.15, 0.2) is 10.6 Å². The third-order valence-electron chi connectivity index (χ3n) is 6.89. The van der Waals surface area contributed by atoms with Crippen LogP contribution in [0.15, 0.2) is 75.7 Å². The molecule has 0 bridgehead atoms. The number of esters is 1. The number of fused-ring (bicyclic) bond motifs is 1. The van der Waals surface area contributed by atoms with Crippen LogP contribution in [-0.4, -0.2) is 31.4 Å². The lowest BCUT2D eigenvalue weighted by Crippen LogP contribution is -2.39. The van der Waals surface area contributed by atoms with Crippen LogP contribution in [0.25, 0.3) is 6.08 Å². The van der Waals surface area contributed by atoms with E-state index in [0.29, 0.717) is 48.4 Å². The highest BCUT2D eigenvalue weighted by Gasteiger charge is 2.33. The van der Waals surface area contributed by atoms with Crippen LogP contribution in [0.5, 0.6) is 17.2 Å². The van der Waals surface area contributed by atoms with Gasteiger partial charge in [-0.3, -0.25) is 9.36 Å². The number of nitrogens with zero attached hydrogens (tertiary/aromatic N) is 2. The van der Waals surface area contributed by atoms with Crippen molar-refractivity contribution in [1.82, 2.24) is 4.57 Å². The minimum Gasteiger partial charge on any atom is -0.497 e. The normalized spacial score (nSPS) is 14.6. The summed E-state index contributed by atoms with van der Waals surface area (Å²) in [5.41, 5.74) is 2.65. The Labute approximate surface area is 272 Å². The summed E-state index contributed by atoms with van der Waals surface area (Å²) in [6.45, 7) is 3.76. The topological polar surface area (TPSA) is 88.4 Å². The van der Waals surface area contributed by atoms with Crippen molar-refractivity contribution in [3.8, 4) is 17.2 Å². The number of carbonyl (C=O) groups is 1. The zero-order chi connectivity index (χ0) is 31.5. The van der Waals surface area contributed by atoms with Crippen molar-refractivity contribution in [2.45, 2.75) is 26.5 Å². The summed E-state index contributed by atoms with van der Waals surface area (Å²) in [6, 6.07) is 15.1. The second kappa shape index (κ2) is 13.5. The van der Waals surface area contributed by atoms with Gasteiger partial charge in [-0.05, 0) is 67.4 Å². The molecule has 2 heterocycles. The summed E-state index contributed by atoms with van der Waals surface area (Å²) in [6.07, 6.45) is 1.77. The van der Waals surface area contributed by atoms with Crippen molar-refractivity contribution in [1.29, 1.82) is 0 Å². The van der Waals surface area contributed by atoms with Crippen molar-refractivity contribution in [3.63, 3.8) is 0 Å². The van der Waals surface area contributed by atoms with Gasteiger partial charge in [-0.2, -0.15) is 0 Å². The van der Waals surface area contributed by atoms with Crippen LogP contribution < -0.4 is 29.1 Å². The van der Waals surface area contributed by atoms with Gasteiger partial charge in [0.05, 0.1) is 52.7 Å². The number of hydrogen-bond acceptors (Lipinski definition) is 8. The quantitative estimate of drug-likeness (QED) is 0.192. The van der Waals surface area contributed by atoms with E-state index in [1.54, 1.807) is 64.5 Å². The highest BCUT2D eigenvalue weighted by molar-refractivity contribution is 7.07. The Morgan fingerprint density at radius 3 is 2.36 bits per heavy atom. The summed E-state index contributed by atoms with van der Waals surface area (Å²) >= 11 is 19.8. The molecule has 0 fully saturated rings. The Kier molecular flexibility index (Phi) is 9.70. The zero-order valence-corrected chi connectivity index (χ0v) is 27.2. The molecule has 0 amide bonds. The van der Waals surface area contributed by atoms with E-state index in [1.165, 1.54) is 15.9 Å². The Balaban J connectivity index is 1.57. The van der Waals surface area contributed by atoms with Gasteiger partial charge in [0.25, 0.3) is 5.56 Å². The van der Waals surface area contributed by atoms with Crippen LogP contribution in [0.1, 0.15) is 36.6 Å². The van der Waals surface area contributed by atoms with Gasteiger partial charge >= 0.3 is 5.97 Å². The first-order valence-electron chi connectivity index (χ1n) is 13.4. The van der Waals surface area contributed by atoms with Gasteiger partial charge in [-0.1, -0.05) is 64.3 Å². The number of carbonyl (C=O) groups excluding carboxylic acids is 1. The number of aromatic nitrogens is 1. The Morgan fingerprint density at radius 1 is 1.02 bits per heavy atom. The van der Waals surface area contributed by atoms with Crippen molar-refractivity contribution < 1.29 is 23.7 Å². The highest BCUT2D eigenvalue weighted by atomic mass is 35.5. The third kappa shape index (κ3) is 6.37. The molecule has 1 aromatic heterocycles. The van der Waals surface area contributed by atoms with Crippen LogP contribution in [-0.2, 0) is 16.1 Å². The molecule has 12 heteroatoms. The standard InChI is InChI=1S/C32H27Cl3N2O6S/c1-5-42-31(39)27-17(2)36-32-37(28(27)19-7-9-22(40-3)10-8-19)30(38)26(44-32)13-18-6-11-25(41-4)20(12-18)16-43-29-23(34)14-21(33)15-24(29)35/h6-15,28H,5,16H2,1-4H3/b26-13-/t28-/m1/s1. The molecule has 1 aliphatic rings. The predicted molar refractivity (Wildman–Crippen MR) is 172 cm³/mol. The number of benzene rings is 3. The largest absolute Gasteiger partial charge is 0.497 e. The monoisotopic (exact) mass is 672 g/mol. The van der Waals surface area contributed by atoms with E-state index in [0.717, 1.165) is 11.1 Å². The molecule has 4 aromatic rings. The lowest BCUT2D eigenvalue weighted by Gasteiger charge is -2.24. The molecule has 3 aromatic carbocycles. The number of methoxy groups -OCH3 is 2. The van der Waals surface area contributed by atoms with Crippen LogP contribution in [0.3, 0.4) is 0 Å². The first-order valence-corrected chi connectivity index (χ1v) is 15.4. The number of halogens is 3. The van der Waals surface area contributed by atoms with Gasteiger partial charge in [-0.15, -0.1) is 0 Å². The lowest BCUT2D eigenvalue weighted by atomic mass is 9.96. The van der Waals surface area contributed by atoms with E-state index in [2.05, 4.69) is 4.99 Å². The molecule has 0 radical (unpaired) electrons. The van der Waals surface area contributed by atoms with Crippen LogP contribution in [0.4, 0.5) is 0 Å². The molecule has 1 atom stereocenters.